The zero-order chi connectivity index (χ0) is 14.5. The number of nitrogens with zero attached hydrogens (tertiary/aromatic N) is 1. The van der Waals surface area contributed by atoms with Crippen molar-refractivity contribution in [1.82, 2.24) is 0 Å². The van der Waals surface area contributed by atoms with E-state index in [1.54, 1.807) is 6.92 Å². The summed E-state index contributed by atoms with van der Waals surface area (Å²) in [5.41, 5.74) is 1.38. The zero-order valence-corrected chi connectivity index (χ0v) is 11.3. The molecule has 0 bridgehead atoms. The van der Waals surface area contributed by atoms with E-state index in [4.69, 9.17) is 9.47 Å². The summed E-state index contributed by atoms with van der Waals surface area (Å²) in [6.45, 7) is 1.86. The molecule has 0 radical (unpaired) electrons. The molecule has 20 heavy (non-hydrogen) atoms. The lowest BCUT2D eigenvalue weighted by atomic mass is 10.2. The molecule has 2 rings (SSSR count). The van der Waals surface area contributed by atoms with Crippen molar-refractivity contribution in [2.75, 3.05) is 7.11 Å². The van der Waals surface area contributed by atoms with Gasteiger partial charge in [-0.2, -0.15) is 4.73 Å². The van der Waals surface area contributed by atoms with Crippen LogP contribution in [0, 0.1) is 12.1 Å². The number of rotatable bonds is 4. The molecule has 0 aliphatic rings. The summed E-state index contributed by atoms with van der Waals surface area (Å²) in [6.07, 6.45) is 1.31. The maximum absolute atomic E-state index is 11.8. The predicted octanol–water partition coefficient (Wildman–Crippen LogP) is 1.99. The quantitative estimate of drug-likeness (QED) is 0.485. The Hall–Kier alpha value is -2.56. The maximum Gasteiger partial charge on any atom is 0.348 e. The van der Waals surface area contributed by atoms with Crippen LogP contribution in [0.3, 0.4) is 0 Å². The number of carbonyl (C=O) groups is 1. The van der Waals surface area contributed by atoms with Gasteiger partial charge in [-0.05, 0) is 5.56 Å². The number of hydrogen-bond donors (Lipinski definition) is 0. The second kappa shape index (κ2) is 6.06. The van der Waals surface area contributed by atoms with Crippen molar-refractivity contribution < 1.29 is 19.0 Å². The molecule has 2 aromatic rings. The molecule has 1 aromatic carbocycles. The molecule has 0 spiro atoms. The van der Waals surface area contributed by atoms with Gasteiger partial charge in [0.05, 0.1) is 7.11 Å². The minimum absolute atomic E-state index is 0.154. The van der Waals surface area contributed by atoms with Gasteiger partial charge in [0.15, 0.2) is 11.8 Å². The summed E-state index contributed by atoms with van der Waals surface area (Å²) in [5.74, 6) is -0.249. The third-order valence-corrected chi connectivity index (χ3v) is 2.93. The van der Waals surface area contributed by atoms with Crippen LogP contribution in [-0.4, -0.2) is 13.1 Å². The Morgan fingerprint density at radius 3 is 2.60 bits per heavy atom. The standard InChI is InChI=1S/C15H15NO4/c1-11-14(15(17)19-2)13(8-9-16(11)18)20-10-12-6-4-3-5-7-12/h3-9H,10H2,1-2H3. The van der Waals surface area contributed by atoms with E-state index in [9.17, 15) is 10.0 Å². The fourth-order valence-electron chi connectivity index (χ4n) is 1.82. The van der Waals surface area contributed by atoms with Gasteiger partial charge in [0.25, 0.3) is 0 Å². The fraction of sp³-hybridized carbons (Fsp3) is 0.200. The molecule has 104 valence electrons. The summed E-state index contributed by atoms with van der Waals surface area (Å²) >= 11 is 0. The Balaban J connectivity index is 2.27. The highest BCUT2D eigenvalue weighted by atomic mass is 16.5. The Kier molecular flexibility index (Phi) is 4.20. The van der Waals surface area contributed by atoms with E-state index in [-0.39, 0.29) is 11.3 Å². The molecular weight excluding hydrogens is 258 g/mol. The van der Waals surface area contributed by atoms with Gasteiger partial charge < -0.3 is 14.7 Å². The third-order valence-electron chi connectivity index (χ3n) is 2.93. The van der Waals surface area contributed by atoms with E-state index in [1.165, 1.54) is 19.4 Å². The minimum Gasteiger partial charge on any atom is -0.618 e. The van der Waals surface area contributed by atoms with Gasteiger partial charge in [-0.1, -0.05) is 30.3 Å². The lowest BCUT2D eigenvalue weighted by Gasteiger charge is -2.12. The molecule has 0 aliphatic carbocycles. The summed E-state index contributed by atoms with van der Waals surface area (Å²) < 4.78 is 10.9. The van der Waals surface area contributed by atoms with Crippen LogP contribution in [0.1, 0.15) is 21.6 Å². The molecule has 0 aliphatic heterocycles. The fourth-order valence-corrected chi connectivity index (χ4v) is 1.82. The van der Waals surface area contributed by atoms with Crippen molar-refractivity contribution in [3.8, 4) is 5.75 Å². The summed E-state index contributed by atoms with van der Waals surface area (Å²) in [5, 5.41) is 11.5. The number of carbonyl (C=O) groups excluding carboxylic acids is 1. The molecule has 0 unspecified atom stereocenters. The Morgan fingerprint density at radius 2 is 1.95 bits per heavy atom. The first-order valence-corrected chi connectivity index (χ1v) is 6.11. The highest BCUT2D eigenvalue weighted by Gasteiger charge is 2.22. The molecule has 5 nitrogen and oxygen atoms in total. The van der Waals surface area contributed by atoms with Crippen LogP contribution in [0.5, 0.6) is 5.75 Å². The average molecular weight is 273 g/mol. The van der Waals surface area contributed by atoms with Crippen LogP contribution >= 0.6 is 0 Å². The van der Waals surface area contributed by atoms with E-state index in [2.05, 4.69) is 0 Å². The second-order valence-corrected chi connectivity index (χ2v) is 4.23. The largest absolute Gasteiger partial charge is 0.618 e. The minimum atomic E-state index is -0.587. The van der Waals surface area contributed by atoms with Crippen molar-refractivity contribution in [2.24, 2.45) is 0 Å². The molecule has 1 heterocycles. The average Bonchev–Trinajstić information content (AvgIpc) is 2.48. The van der Waals surface area contributed by atoms with Crippen LogP contribution in [0.25, 0.3) is 0 Å². The first-order valence-electron chi connectivity index (χ1n) is 6.11. The zero-order valence-electron chi connectivity index (χ0n) is 11.3. The van der Waals surface area contributed by atoms with Crippen molar-refractivity contribution in [3.63, 3.8) is 0 Å². The first kappa shape index (κ1) is 13.9. The number of esters is 1. The normalized spacial score (nSPS) is 10.1. The second-order valence-electron chi connectivity index (χ2n) is 4.23. The lowest BCUT2D eigenvalue weighted by Crippen LogP contribution is -2.32. The molecule has 0 saturated carbocycles. The van der Waals surface area contributed by atoms with Gasteiger partial charge in [-0.25, -0.2) is 4.79 Å². The number of hydrogen-bond acceptors (Lipinski definition) is 4. The van der Waals surface area contributed by atoms with E-state index in [0.29, 0.717) is 17.1 Å². The molecular formula is C15H15NO4. The van der Waals surface area contributed by atoms with E-state index in [0.717, 1.165) is 5.56 Å². The first-order chi connectivity index (χ1) is 9.63. The van der Waals surface area contributed by atoms with E-state index >= 15 is 0 Å². The smallest absolute Gasteiger partial charge is 0.348 e. The van der Waals surface area contributed by atoms with Crippen molar-refractivity contribution >= 4 is 5.97 Å². The highest BCUT2D eigenvalue weighted by molar-refractivity contribution is 5.93. The molecule has 0 atom stereocenters. The van der Waals surface area contributed by atoms with Crippen LogP contribution < -0.4 is 9.47 Å². The van der Waals surface area contributed by atoms with Gasteiger partial charge >= 0.3 is 5.97 Å². The van der Waals surface area contributed by atoms with Crippen LogP contribution in [0.2, 0.25) is 0 Å². The van der Waals surface area contributed by atoms with E-state index in [1.807, 2.05) is 30.3 Å². The topological polar surface area (TPSA) is 62.5 Å². The van der Waals surface area contributed by atoms with E-state index < -0.39 is 5.97 Å². The number of aromatic nitrogens is 1. The Labute approximate surface area is 117 Å². The van der Waals surface area contributed by atoms with Gasteiger partial charge in [0, 0.05) is 13.0 Å². The maximum atomic E-state index is 11.8. The lowest BCUT2D eigenvalue weighted by molar-refractivity contribution is -0.612. The summed E-state index contributed by atoms with van der Waals surface area (Å²) in [4.78, 5) is 11.8. The third kappa shape index (κ3) is 2.88. The molecule has 5 heteroatoms. The number of methoxy groups -OCH3 is 1. The van der Waals surface area contributed by atoms with Crippen molar-refractivity contribution in [3.05, 3.63) is 64.6 Å². The highest BCUT2D eigenvalue weighted by Crippen LogP contribution is 2.21. The molecule has 0 amide bonds. The van der Waals surface area contributed by atoms with Crippen molar-refractivity contribution in [1.29, 1.82) is 0 Å². The van der Waals surface area contributed by atoms with Crippen molar-refractivity contribution in [2.45, 2.75) is 13.5 Å². The number of pyridine rings is 1. The Morgan fingerprint density at radius 1 is 1.25 bits per heavy atom. The predicted molar refractivity (Wildman–Crippen MR) is 72.3 cm³/mol. The van der Waals surface area contributed by atoms with Gasteiger partial charge in [-0.15, -0.1) is 0 Å². The monoisotopic (exact) mass is 273 g/mol. The van der Waals surface area contributed by atoms with Crippen LogP contribution in [0.4, 0.5) is 0 Å². The number of ether oxygens (including phenoxy) is 2. The van der Waals surface area contributed by atoms with Gasteiger partial charge in [-0.3, -0.25) is 0 Å². The van der Waals surface area contributed by atoms with Crippen LogP contribution in [0.15, 0.2) is 42.6 Å². The molecule has 0 saturated heterocycles. The Bertz CT molecular complexity index is 611. The van der Waals surface area contributed by atoms with Crippen LogP contribution in [-0.2, 0) is 11.3 Å². The van der Waals surface area contributed by atoms with Gasteiger partial charge in [0.2, 0.25) is 5.69 Å². The molecule has 0 fully saturated rings. The molecule has 0 N–H and O–H groups in total. The summed E-state index contributed by atoms with van der Waals surface area (Å²) in [7, 11) is 1.27. The van der Waals surface area contributed by atoms with Gasteiger partial charge in [0.1, 0.15) is 12.4 Å². The summed E-state index contributed by atoms with van der Waals surface area (Å²) in [6, 6.07) is 11.0. The SMILES string of the molecule is COC(=O)c1c(OCc2ccccc2)cc[n+]([O-])c1C. The number of benzene rings is 1. The molecule has 1 aromatic heterocycles.